The van der Waals surface area contributed by atoms with Crippen LogP contribution in [0.3, 0.4) is 0 Å². The van der Waals surface area contributed by atoms with Crippen molar-refractivity contribution in [3.8, 4) is 10.6 Å². The molecule has 1 aromatic carbocycles. The first-order chi connectivity index (χ1) is 9.16. The number of hydrogen-bond acceptors (Lipinski definition) is 4. The number of nitrogens with zero attached hydrogens (tertiary/aromatic N) is 2. The summed E-state index contributed by atoms with van der Waals surface area (Å²) in [4.78, 5) is 17.8. The predicted molar refractivity (Wildman–Crippen MR) is 80.2 cm³/mol. The van der Waals surface area contributed by atoms with Gasteiger partial charge in [0.2, 0.25) is 0 Å². The van der Waals surface area contributed by atoms with E-state index in [1.165, 1.54) is 4.90 Å². The van der Waals surface area contributed by atoms with Gasteiger partial charge in [0, 0.05) is 17.1 Å². The van der Waals surface area contributed by atoms with Gasteiger partial charge in [0.15, 0.2) is 5.11 Å². The Morgan fingerprint density at radius 2 is 2.11 bits per heavy atom. The summed E-state index contributed by atoms with van der Waals surface area (Å²) in [6, 6.07) is 7.42. The van der Waals surface area contributed by atoms with Gasteiger partial charge in [-0.1, -0.05) is 0 Å². The zero-order valence-corrected chi connectivity index (χ0v) is 11.8. The van der Waals surface area contributed by atoms with Crippen molar-refractivity contribution >= 4 is 40.3 Å². The van der Waals surface area contributed by atoms with Crippen LogP contribution in [0, 0.1) is 0 Å². The molecule has 1 saturated heterocycles. The molecule has 1 fully saturated rings. The third-order valence-corrected chi connectivity index (χ3v) is 4.06. The highest BCUT2D eigenvalue weighted by Gasteiger charge is 2.33. The second-order valence-corrected chi connectivity index (χ2v) is 5.51. The lowest BCUT2D eigenvalue weighted by molar-refractivity contribution is -0.117. The smallest absolute Gasteiger partial charge is 0.255 e. The number of nitrogens with one attached hydrogen (secondary N) is 1. The first kappa shape index (κ1) is 12.3. The number of rotatable bonds is 2. The molecule has 6 heteroatoms. The molecule has 0 aliphatic carbocycles. The number of thiazole rings is 1. The monoisotopic (exact) mass is 289 g/mol. The van der Waals surface area contributed by atoms with E-state index in [9.17, 15) is 4.79 Å². The molecule has 1 unspecified atom stereocenters. The molecular formula is C13H11N3OS2. The van der Waals surface area contributed by atoms with Crippen molar-refractivity contribution in [3.05, 3.63) is 35.8 Å². The van der Waals surface area contributed by atoms with Crippen LogP contribution in [0.4, 0.5) is 5.69 Å². The summed E-state index contributed by atoms with van der Waals surface area (Å²) in [5.41, 5.74) is 1.82. The number of carbonyl (C=O) groups is 1. The number of carbonyl (C=O) groups excluding carboxylic acids is 1. The number of thiocarbonyl (C=S) groups is 1. The number of anilines is 1. The second kappa shape index (κ2) is 4.71. The fraction of sp³-hybridized carbons (Fsp3) is 0.154. The van der Waals surface area contributed by atoms with Crippen molar-refractivity contribution in [2.24, 2.45) is 0 Å². The molecule has 0 bridgehead atoms. The van der Waals surface area contributed by atoms with Gasteiger partial charge >= 0.3 is 0 Å². The lowest BCUT2D eigenvalue weighted by Gasteiger charge is -2.14. The number of benzene rings is 1. The summed E-state index contributed by atoms with van der Waals surface area (Å²) in [6.07, 6.45) is 1.78. The lowest BCUT2D eigenvalue weighted by Crippen LogP contribution is -2.30. The van der Waals surface area contributed by atoms with Crippen molar-refractivity contribution < 1.29 is 4.79 Å². The first-order valence-corrected chi connectivity index (χ1v) is 7.10. The molecule has 96 valence electrons. The lowest BCUT2D eigenvalue weighted by atomic mass is 10.2. The molecular weight excluding hydrogens is 278 g/mol. The van der Waals surface area contributed by atoms with Gasteiger partial charge in [-0.2, -0.15) is 0 Å². The van der Waals surface area contributed by atoms with E-state index < -0.39 is 0 Å². The van der Waals surface area contributed by atoms with E-state index in [0.717, 1.165) is 16.3 Å². The Bertz CT molecular complexity index is 622. The number of amides is 1. The van der Waals surface area contributed by atoms with Crippen LogP contribution >= 0.6 is 23.6 Å². The first-order valence-electron chi connectivity index (χ1n) is 5.81. The van der Waals surface area contributed by atoms with Gasteiger partial charge in [0.25, 0.3) is 5.91 Å². The van der Waals surface area contributed by atoms with Gasteiger partial charge in [-0.3, -0.25) is 9.69 Å². The molecule has 1 aromatic heterocycles. The average Bonchev–Trinajstić information content (AvgIpc) is 3.00. The van der Waals surface area contributed by atoms with E-state index in [-0.39, 0.29) is 11.9 Å². The fourth-order valence-corrected chi connectivity index (χ4v) is 2.99. The van der Waals surface area contributed by atoms with Crippen LogP contribution in [0.15, 0.2) is 35.8 Å². The molecule has 2 heterocycles. The van der Waals surface area contributed by atoms with Gasteiger partial charge < -0.3 is 5.32 Å². The van der Waals surface area contributed by atoms with E-state index in [4.69, 9.17) is 12.2 Å². The van der Waals surface area contributed by atoms with Crippen LogP contribution in [-0.4, -0.2) is 22.0 Å². The van der Waals surface area contributed by atoms with Crippen LogP contribution in [0.5, 0.6) is 0 Å². The maximum absolute atomic E-state index is 12.0. The molecule has 1 aliphatic heterocycles. The molecule has 0 spiro atoms. The van der Waals surface area contributed by atoms with E-state index in [0.29, 0.717) is 5.11 Å². The highest BCUT2D eigenvalue weighted by Crippen LogP contribution is 2.26. The quantitative estimate of drug-likeness (QED) is 0.862. The topological polar surface area (TPSA) is 45.2 Å². The summed E-state index contributed by atoms with van der Waals surface area (Å²) >= 11 is 6.76. The Morgan fingerprint density at radius 1 is 1.37 bits per heavy atom. The van der Waals surface area contributed by atoms with Crippen molar-refractivity contribution in [1.82, 2.24) is 10.3 Å². The second-order valence-electron chi connectivity index (χ2n) is 4.23. The third-order valence-electron chi connectivity index (χ3n) is 2.94. The standard InChI is InChI=1S/C13H11N3OS2/c1-8-12(17)16(13(18)15-8)10-4-2-9(3-5-10)11-14-6-7-19-11/h2-8H,1H3,(H,15,18). The van der Waals surface area contributed by atoms with Gasteiger partial charge in [-0.05, 0) is 43.4 Å². The van der Waals surface area contributed by atoms with Crippen molar-refractivity contribution in [2.75, 3.05) is 4.90 Å². The molecule has 2 aromatic rings. The molecule has 0 radical (unpaired) electrons. The van der Waals surface area contributed by atoms with Gasteiger partial charge in [-0.15, -0.1) is 11.3 Å². The van der Waals surface area contributed by atoms with Crippen LogP contribution < -0.4 is 10.2 Å². The highest BCUT2D eigenvalue weighted by molar-refractivity contribution is 7.80. The van der Waals surface area contributed by atoms with Crippen molar-refractivity contribution in [3.63, 3.8) is 0 Å². The Morgan fingerprint density at radius 3 is 2.63 bits per heavy atom. The van der Waals surface area contributed by atoms with Crippen LogP contribution in [0.1, 0.15) is 6.92 Å². The Balaban J connectivity index is 1.91. The molecule has 1 atom stereocenters. The van der Waals surface area contributed by atoms with Gasteiger partial charge in [0.1, 0.15) is 11.0 Å². The Hall–Kier alpha value is -1.79. The fourth-order valence-electron chi connectivity index (χ4n) is 1.97. The average molecular weight is 289 g/mol. The molecule has 0 saturated carbocycles. The van der Waals surface area contributed by atoms with E-state index >= 15 is 0 Å². The van der Waals surface area contributed by atoms with Crippen molar-refractivity contribution in [1.29, 1.82) is 0 Å². The van der Waals surface area contributed by atoms with Gasteiger partial charge in [-0.25, -0.2) is 4.98 Å². The van der Waals surface area contributed by atoms with Crippen LogP contribution in [0.25, 0.3) is 10.6 Å². The van der Waals surface area contributed by atoms with E-state index in [1.807, 2.05) is 29.6 Å². The third kappa shape index (κ3) is 2.13. The summed E-state index contributed by atoms with van der Waals surface area (Å²) in [5, 5.41) is 6.32. The minimum absolute atomic E-state index is 0.0213. The number of hydrogen-bond donors (Lipinski definition) is 1. The molecule has 3 rings (SSSR count). The zero-order chi connectivity index (χ0) is 13.4. The molecule has 1 N–H and O–H groups in total. The minimum Gasteiger partial charge on any atom is -0.350 e. The van der Waals surface area contributed by atoms with Crippen LogP contribution in [-0.2, 0) is 4.79 Å². The SMILES string of the molecule is CC1NC(=S)N(c2ccc(-c3nccs3)cc2)C1=O. The summed E-state index contributed by atoms with van der Waals surface area (Å²) < 4.78 is 0. The molecule has 4 nitrogen and oxygen atoms in total. The van der Waals surface area contributed by atoms with Crippen molar-refractivity contribution in [2.45, 2.75) is 13.0 Å². The van der Waals surface area contributed by atoms with E-state index in [1.54, 1.807) is 24.5 Å². The van der Waals surface area contributed by atoms with Crippen LogP contribution in [0.2, 0.25) is 0 Å². The molecule has 1 amide bonds. The summed E-state index contributed by atoms with van der Waals surface area (Å²) in [5.74, 6) is -0.0213. The summed E-state index contributed by atoms with van der Waals surface area (Å²) in [6.45, 7) is 1.80. The normalized spacial score (nSPS) is 18.8. The molecule has 1 aliphatic rings. The van der Waals surface area contributed by atoms with E-state index in [2.05, 4.69) is 10.3 Å². The maximum atomic E-state index is 12.0. The molecule has 19 heavy (non-hydrogen) atoms. The highest BCUT2D eigenvalue weighted by atomic mass is 32.1. The zero-order valence-electron chi connectivity index (χ0n) is 10.2. The number of aromatic nitrogens is 1. The Labute approximate surface area is 120 Å². The van der Waals surface area contributed by atoms with Gasteiger partial charge in [0.05, 0.1) is 5.69 Å². The largest absolute Gasteiger partial charge is 0.350 e. The summed E-state index contributed by atoms with van der Waals surface area (Å²) in [7, 11) is 0. The predicted octanol–water partition coefficient (Wildman–Crippen LogP) is 2.42. The maximum Gasteiger partial charge on any atom is 0.255 e. The Kier molecular flexibility index (Phi) is 3.04. The minimum atomic E-state index is -0.258.